The van der Waals surface area contributed by atoms with E-state index in [0.29, 0.717) is 6.10 Å². The van der Waals surface area contributed by atoms with Gasteiger partial charge in [0.2, 0.25) is 11.8 Å². The van der Waals surface area contributed by atoms with Gasteiger partial charge in [-0.2, -0.15) is 0 Å². The van der Waals surface area contributed by atoms with E-state index in [-0.39, 0.29) is 29.2 Å². The largest absolute Gasteiger partial charge is 0.378 e. The molecule has 0 aromatic carbocycles. The molecule has 3 aliphatic rings. The first-order valence-electron chi connectivity index (χ1n) is 8.79. The molecule has 0 radical (unpaired) electrons. The highest BCUT2D eigenvalue weighted by Crippen LogP contribution is 2.57. The van der Waals surface area contributed by atoms with Gasteiger partial charge in [-0.15, -0.1) is 0 Å². The predicted molar refractivity (Wildman–Crippen MR) is 83.2 cm³/mol. The number of rotatable bonds is 6. The lowest BCUT2D eigenvalue weighted by molar-refractivity contribution is -0.176. The smallest absolute Gasteiger partial charge is 0.242 e. The molecule has 124 valence electrons. The second kappa shape index (κ2) is 6.19. The molecule has 2 N–H and O–H groups in total. The van der Waals surface area contributed by atoms with Crippen LogP contribution in [0.2, 0.25) is 0 Å². The second-order valence-electron chi connectivity index (χ2n) is 7.19. The number of carbonyl (C=O) groups is 2. The molecule has 5 nitrogen and oxygen atoms in total. The predicted octanol–water partition coefficient (Wildman–Crippen LogP) is 1.76. The van der Waals surface area contributed by atoms with Gasteiger partial charge in [0.1, 0.15) is 6.04 Å². The fourth-order valence-corrected chi connectivity index (χ4v) is 4.00. The lowest BCUT2D eigenvalue weighted by atomic mass is 9.51. The minimum atomic E-state index is -0.448. The molecule has 3 rings (SSSR count). The van der Waals surface area contributed by atoms with Crippen molar-refractivity contribution in [3.05, 3.63) is 0 Å². The monoisotopic (exact) mass is 308 g/mol. The molecule has 0 saturated heterocycles. The van der Waals surface area contributed by atoms with Crippen molar-refractivity contribution >= 4 is 11.8 Å². The standard InChI is InChI=1S/C17H28N2O3/c1-3-22-14-10-13(17(14)8-5-9-17)19-15(20)11(2)18-16(21)12-6-4-7-12/h11-14H,3-10H2,1-2H3,(H,18,21)(H,19,20)/t11-,13-,14-/m1/s1. The molecule has 1 spiro atoms. The number of carbonyl (C=O) groups excluding carboxylic acids is 2. The molecule has 3 atom stereocenters. The molecule has 2 amide bonds. The van der Waals surface area contributed by atoms with E-state index >= 15 is 0 Å². The Balaban J connectivity index is 1.48. The summed E-state index contributed by atoms with van der Waals surface area (Å²) in [5, 5.41) is 6.00. The Kier molecular flexibility index (Phi) is 4.44. The minimum Gasteiger partial charge on any atom is -0.378 e. The summed E-state index contributed by atoms with van der Waals surface area (Å²) in [6.07, 6.45) is 7.77. The molecule has 0 aromatic rings. The first-order chi connectivity index (χ1) is 10.6. The molecular weight excluding hydrogens is 280 g/mol. The zero-order valence-electron chi connectivity index (χ0n) is 13.7. The molecule has 3 aliphatic carbocycles. The molecular formula is C17H28N2O3. The van der Waals surface area contributed by atoms with Crippen molar-refractivity contribution in [1.29, 1.82) is 0 Å². The number of hydrogen-bond donors (Lipinski definition) is 2. The molecule has 5 heteroatoms. The average molecular weight is 308 g/mol. The van der Waals surface area contributed by atoms with Crippen molar-refractivity contribution in [3.8, 4) is 0 Å². The minimum absolute atomic E-state index is 0.0352. The van der Waals surface area contributed by atoms with Crippen molar-refractivity contribution < 1.29 is 14.3 Å². The first-order valence-corrected chi connectivity index (χ1v) is 8.79. The third kappa shape index (κ3) is 2.64. The van der Waals surface area contributed by atoms with Crippen molar-refractivity contribution in [2.24, 2.45) is 11.3 Å². The average Bonchev–Trinajstić information content (AvgIpc) is 2.32. The van der Waals surface area contributed by atoms with E-state index in [1.165, 1.54) is 6.42 Å². The lowest BCUT2D eigenvalue weighted by Gasteiger charge is -2.61. The molecule has 3 fully saturated rings. The Hall–Kier alpha value is -1.10. The van der Waals surface area contributed by atoms with Crippen molar-refractivity contribution in [1.82, 2.24) is 10.6 Å². The van der Waals surface area contributed by atoms with Gasteiger partial charge in [-0.05, 0) is 46.0 Å². The summed E-state index contributed by atoms with van der Waals surface area (Å²) in [5.41, 5.74) is 0.170. The van der Waals surface area contributed by atoms with Crippen LogP contribution < -0.4 is 10.6 Å². The van der Waals surface area contributed by atoms with E-state index in [4.69, 9.17) is 4.74 Å². The van der Waals surface area contributed by atoms with Crippen molar-refractivity contribution in [2.75, 3.05) is 6.61 Å². The van der Waals surface area contributed by atoms with Crippen molar-refractivity contribution in [2.45, 2.75) is 77.0 Å². The van der Waals surface area contributed by atoms with Crippen molar-refractivity contribution in [3.63, 3.8) is 0 Å². The number of nitrogens with one attached hydrogen (secondary N) is 2. The quantitative estimate of drug-likeness (QED) is 0.785. The van der Waals surface area contributed by atoms with E-state index < -0.39 is 6.04 Å². The zero-order chi connectivity index (χ0) is 15.7. The van der Waals surface area contributed by atoms with Crippen LogP contribution >= 0.6 is 0 Å². The summed E-state index contributed by atoms with van der Waals surface area (Å²) in [4.78, 5) is 24.3. The fourth-order valence-electron chi connectivity index (χ4n) is 4.00. The summed E-state index contributed by atoms with van der Waals surface area (Å²) >= 11 is 0. The molecule has 3 saturated carbocycles. The first kappa shape index (κ1) is 15.8. The summed E-state index contributed by atoms with van der Waals surface area (Å²) in [6, 6.07) is -0.232. The lowest BCUT2D eigenvalue weighted by Crippen LogP contribution is -2.68. The Morgan fingerprint density at radius 2 is 2.00 bits per heavy atom. The molecule has 0 aliphatic heterocycles. The topological polar surface area (TPSA) is 67.4 Å². The maximum absolute atomic E-state index is 12.3. The Morgan fingerprint density at radius 3 is 2.50 bits per heavy atom. The fraction of sp³-hybridized carbons (Fsp3) is 0.882. The molecule has 22 heavy (non-hydrogen) atoms. The summed E-state index contributed by atoms with van der Waals surface area (Å²) in [6.45, 7) is 4.54. The summed E-state index contributed by atoms with van der Waals surface area (Å²) < 4.78 is 5.80. The number of hydrogen-bond acceptors (Lipinski definition) is 3. The van der Waals surface area contributed by atoms with Crippen LogP contribution in [-0.4, -0.2) is 36.6 Å². The summed E-state index contributed by atoms with van der Waals surface area (Å²) in [7, 11) is 0. The van der Waals surface area contributed by atoms with Crippen LogP contribution in [-0.2, 0) is 14.3 Å². The van der Waals surface area contributed by atoms with Crippen LogP contribution in [0.5, 0.6) is 0 Å². The molecule has 0 unspecified atom stereocenters. The second-order valence-corrected chi connectivity index (χ2v) is 7.19. The van der Waals surface area contributed by atoms with Crippen LogP contribution in [0.1, 0.15) is 58.8 Å². The zero-order valence-corrected chi connectivity index (χ0v) is 13.7. The van der Waals surface area contributed by atoms with Crippen LogP contribution in [0.25, 0.3) is 0 Å². The highest BCUT2D eigenvalue weighted by Gasteiger charge is 2.59. The highest BCUT2D eigenvalue weighted by atomic mass is 16.5. The van der Waals surface area contributed by atoms with Gasteiger partial charge in [-0.1, -0.05) is 12.8 Å². The van der Waals surface area contributed by atoms with Crippen LogP contribution in [0.15, 0.2) is 0 Å². The third-order valence-electron chi connectivity index (χ3n) is 5.98. The molecule has 0 aromatic heterocycles. The Morgan fingerprint density at radius 1 is 1.27 bits per heavy atom. The number of amides is 2. The van der Waals surface area contributed by atoms with Gasteiger partial charge in [0.15, 0.2) is 0 Å². The van der Waals surface area contributed by atoms with Crippen LogP contribution in [0.3, 0.4) is 0 Å². The van der Waals surface area contributed by atoms with E-state index in [0.717, 1.165) is 45.1 Å². The normalized spacial score (nSPS) is 30.6. The maximum atomic E-state index is 12.3. The van der Waals surface area contributed by atoms with Gasteiger partial charge in [0.05, 0.1) is 6.10 Å². The molecule has 0 bridgehead atoms. The van der Waals surface area contributed by atoms with E-state index in [1.807, 2.05) is 6.92 Å². The highest BCUT2D eigenvalue weighted by molar-refractivity contribution is 5.88. The maximum Gasteiger partial charge on any atom is 0.242 e. The van der Waals surface area contributed by atoms with Gasteiger partial charge in [-0.3, -0.25) is 9.59 Å². The van der Waals surface area contributed by atoms with Crippen LogP contribution in [0, 0.1) is 11.3 Å². The summed E-state index contributed by atoms with van der Waals surface area (Å²) in [5.74, 6) is 0.103. The molecule has 0 heterocycles. The van der Waals surface area contributed by atoms with Gasteiger partial charge in [-0.25, -0.2) is 0 Å². The third-order valence-corrected chi connectivity index (χ3v) is 5.98. The van der Waals surface area contributed by atoms with Gasteiger partial charge in [0.25, 0.3) is 0 Å². The number of ether oxygens (including phenoxy) is 1. The van der Waals surface area contributed by atoms with Gasteiger partial charge in [0, 0.05) is 24.0 Å². The van der Waals surface area contributed by atoms with E-state index in [9.17, 15) is 9.59 Å². The van der Waals surface area contributed by atoms with Crippen LogP contribution in [0.4, 0.5) is 0 Å². The van der Waals surface area contributed by atoms with E-state index in [2.05, 4.69) is 10.6 Å². The van der Waals surface area contributed by atoms with Gasteiger partial charge < -0.3 is 15.4 Å². The van der Waals surface area contributed by atoms with Gasteiger partial charge >= 0.3 is 0 Å². The van der Waals surface area contributed by atoms with E-state index in [1.54, 1.807) is 6.92 Å². The Labute approximate surface area is 132 Å². The Bertz CT molecular complexity index is 443. The SMILES string of the molecule is CCO[C@@H]1C[C@@H](NC(=O)[C@@H](C)NC(=O)C2CCC2)C12CCC2.